The molecule has 39 heavy (non-hydrogen) atoms. The number of aryl methyl sites for hydroxylation is 2. The third-order valence-electron chi connectivity index (χ3n) is 7.19. The molecule has 0 radical (unpaired) electrons. The monoisotopic (exact) mass is 540 g/mol. The summed E-state index contributed by atoms with van der Waals surface area (Å²) in [5.41, 5.74) is 4.40. The van der Waals surface area contributed by atoms with Crippen LogP contribution in [0.4, 0.5) is 0 Å². The van der Waals surface area contributed by atoms with Crippen LogP contribution in [-0.2, 0) is 47.5 Å². The van der Waals surface area contributed by atoms with E-state index in [1.165, 1.54) is 0 Å². The van der Waals surface area contributed by atoms with Gasteiger partial charge in [-0.15, -0.1) is 0 Å². The maximum atomic E-state index is 12.9. The molecule has 7 nitrogen and oxygen atoms in total. The maximum Gasteiger partial charge on any atom is 0.335 e. The molecule has 0 saturated carbocycles. The van der Waals surface area contributed by atoms with Gasteiger partial charge in [0.1, 0.15) is 24.7 Å². The van der Waals surface area contributed by atoms with Gasteiger partial charge >= 0.3 is 11.9 Å². The fourth-order valence-electron chi connectivity index (χ4n) is 4.95. The quantitative estimate of drug-likeness (QED) is 0.488. The van der Waals surface area contributed by atoms with E-state index in [9.17, 15) is 19.8 Å². The molecule has 0 spiro atoms. The van der Waals surface area contributed by atoms with Gasteiger partial charge in [-0.3, -0.25) is 4.79 Å². The molecule has 1 heterocycles. The van der Waals surface area contributed by atoms with Gasteiger partial charge in [-0.1, -0.05) is 65.8 Å². The minimum Gasteiger partial charge on any atom is -0.507 e. The second-order valence-corrected chi connectivity index (χ2v) is 12.7. The fraction of sp³-hybridized carbons (Fsp3) is 0.562. The Morgan fingerprint density at radius 2 is 1.18 bits per heavy atom. The molecule has 2 atom stereocenters. The van der Waals surface area contributed by atoms with Gasteiger partial charge in [-0.05, 0) is 70.9 Å². The molecule has 1 fully saturated rings. The average molecular weight is 541 g/mol. The van der Waals surface area contributed by atoms with Gasteiger partial charge < -0.3 is 24.4 Å². The number of ether oxygens (including phenoxy) is 3. The van der Waals surface area contributed by atoms with Gasteiger partial charge in [0.25, 0.3) is 0 Å². The lowest BCUT2D eigenvalue weighted by Gasteiger charge is -2.24. The van der Waals surface area contributed by atoms with Crippen LogP contribution < -0.4 is 0 Å². The number of rotatable bonds is 4. The zero-order valence-electron chi connectivity index (χ0n) is 24.6. The lowest BCUT2D eigenvalue weighted by molar-refractivity contribution is -0.160. The van der Waals surface area contributed by atoms with Gasteiger partial charge in [-0.2, -0.15) is 0 Å². The van der Waals surface area contributed by atoms with Crippen LogP contribution in [0.15, 0.2) is 24.3 Å². The molecule has 0 aromatic heterocycles. The molecule has 3 rings (SSSR count). The molecule has 2 unspecified atom stereocenters. The Morgan fingerprint density at radius 3 is 1.67 bits per heavy atom. The van der Waals surface area contributed by atoms with E-state index in [0.717, 1.165) is 33.4 Å². The summed E-state index contributed by atoms with van der Waals surface area (Å²) in [6.45, 7) is 16.0. The number of benzene rings is 2. The van der Waals surface area contributed by atoms with Gasteiger partial charge in [0.15, 0.2) is 6.10 Å². The van der Waals surface area contributed by atoms with E-state index >= 15 is 0 Å². The highest BCUT2D eigenvalue weighted by Crippen LogP contribution is 2.36. The van der Waals surface area contributed by atoms with E-state index in [1.807, 2.05) is 79.7 Å². The van der Waals surface area contributed by atoms with Gasteiger partial charge in [0, 0.05) is 13.0 Å². The SMILES string of the molecule is Cc1cc(CC2CCOC(Cc3cc(C)c(O)c(C(C)(C)C)c3)C(=O)OCCOC2=O)cc(C(C)(C)C)c1O. The summed E-state index contributed by atoms with van der Waals surface area (Å²) in [6.07, 6.45) is 0.237. The molecule has 214 valence electrons. The molecular weight excluding hydrogens is 496 g/mol. The van der Waals surface area contributed by atoms with Crippen LogP contribution in [0, 0.1) is 19.8 Å². The molecule has 0 amide bonds. The highest BCUT2D eigenvalue weighted by atomic mass is 16.6. The molecule has 0 aliphatic carbocycles. The molecule has 0 bridgehead atoms. The summed E-state index contributed by atoms with van der Waals surface area (Å²) in [5, 5.41) is 21.2. The number of esters is 2. The van der Waals surface area contributed by atoms with Crippen LogP contribution in [-0.4, -0.2) is 48.1 Å². The van der Waals surface area contributed by atoms with E-state index in [-0.39, 0.29) is 54.5 Å². The van der Waals surface area contributed by atoms with Gasteiger partial charge in [0.2, 0.25) is 0 Å². The molecule has 7 heteroatoms. The smallest absolute Gasteiger partial charge is 0.335 e. The number of phenols is 2. The van der Waals surface area contributed by atoms with Crippen molar-refractivity contribution >= 4 is 11.9 Å². The van der Waals surface area contributed by atoms with E-state index in [4.69, 9.17) is 14.2 Å². The largest absolute Gasteiger partial charge is 0.507 e. The van der Waals surface area contributed by atoms with Crippen molar-refractivity contribution < 1.29 is 34.0 Å². The Hall–Kier alpha value is -3.06. The van der Waals surface area contributed by atoms with Crippen LogP contribution in [0.1, 0.15) is 81.3 Å². The van der Waals surface area contributed by atoms with Crippen molar-refractivity contribution in [2.45, 2.75) is 91.6 Å². The van der Waals surface area contributed by atoms with Crippen LogP contribution in [0.2, 0.25) is 0 Å². The number of hydrogen-bond acceptors (Lipinski definition) is 7. The average Bonchev–Trinajstić information content (AvgIpc) is 2.84. The zero-order valence-corrected chi connectivity index (χ0v) is 24.6. The maximum absolute atomic E-state index is 12.9. The van der Waals surface area contributed by atoms with Crippen LogP contribution in [0.5, 0.6) is 11.5 Å². The van der Waals surface area contributed by atoms with E-state index in [0.29, 0.717) is 12.8 Å². The summed E-state index contributed by atoms with van der Waals surface area (Å²) in [4.78, 5) is 25.8. The molecule has 1 aliphatic rings. The first-order valence-corrected chi connectivity index (χ1v) is 13.7. The number of carbonyl (C=O) groups is 2. The van der Waals surface area contributed by atoms with Crippen molar-refractivity contribution in [3.63, 3.8) is 0 Å². The molecule has 2 aromatic carbocycles. The Labute approximate surface area is 232 Å². The predicted molar refractivity (Wildman–Crippen MR) is 150 cm³/mol. The van der Waals surface area contributed by atoms with Crippen LogP contribution in [0.3, 0.4) is 0 Å². The third-order valence-corrected chi connectivity index (χ3v) is 7.19. The summed E-state index contributed by atoms with van der Waals surface area (Å²) in [6, 6.07) is 7.64. The number of aromatic hydroxyl groups is 2. The Bertz CT molecular complexity index is 1110. The lowest BCUT2D eigenvalue weighted by Crippen LogP contribution is -2.30. The molecule has 2 aromatic rings. The lowest BCUT2D eigenvalue weighted by atomic mass is 9.83. The van der Waals surface area contributed by atoms with Crippen LogP contribution >= 0.6 is 0 Å². The first-order chi connectivity index (χ1) is 18.1. The number of carbonyl (C=O) groups excluding carboxylic acids is 2. The minimum absolute atomic E-state index is 0.0257. The minimum atomic E-state index is -0.848. The Balaban J connectivity index is 1.81. The van der Waals surface area contributed by atoms with E-state index in [1.54, 1.807) is 0 Å². The van der Waals surface area contributed by atoms with Crippen molar-refractivity contribution in [2.75, 3.05) is 19.8 Å². The zero-order chi connectivity index (χ0) is 29.1. The molecule has 1 aliphatic heterocycles. The first-order valence-electron chi connectivity index (χ1n) is 13.7. The van der Waals surface area contributed by atoms with E-state index in [2.05, 4.69) is 0 Å². The van der Waals surface area contributed by atoms with Crippen molar-refractivity contribution in [1.29, 1.82) is 0 Å². The highest BCUT2D eigenvalue weighted by Gasteiger charge is 2.29. The van der Waals surface area contributed by atoms with E-state index < -0.39 is 18.0 Å². The fourth-order valence-corrected chi connectivity index (χ4v) is 4.95. The first kappa shape index (κ1) is 30.5. The number of phenolic OH excluding ortho intramolecular Hbond substituents is 2. The second kappa shape index (κ2) is 12.0. The Morgan fingerprint density at radius 1 is 0.718 bits per heavy atom. The summed E-state index contributed by atoms with van der Waals surface area (Å²) in [7, 11) is 0. The summed E-state index contributed by atoms with van der Waals surface area (Å²) < 4.78 is 16.9. The predicted octanol–water partition coefficient (Wildman–Crippen LogP) is 5.59. The Kier molecular flexibility index (Phi) is 9.37. The standard InChI is InChI=1S/C32H44O7/c1-19-13-21(16-24(27(19)33)31(3,4)5)15-23-9-10-37-26(30(36)39-12-11-38-29(23)35)18-22-14-20(2)28(34)25(17-22)32(6,7)8/h13-14,16-17,23,26,33-34H,9-12,15,18H2,1-8H3. The molecule has 1 saturated heterocycles. The number of cyclic esters (lactones) is 2. The van der Waals surface area contributed by atoms with Crippen molar-refractivity contribution in [3.05, 3.63) is 57.6 Å². The molecular formula is C32H44O7. The highest BCUT2D eigenvalue weighted by molar-refractivity contribution is 5.75. The topological polar surface area (TPSA) is 102 Å². The van der Waals surface area contributed by atoms with Gasteiger partial charge in [0.05, 0.1) is 5.92 Å². The van der Waals surface area contributed by atoms with Crippen molar-refractivity contribution in [2.24, 2.45) is 5.92 Å². The molecule has 2 N–H and O–H groups in total. The summed E-state index contributed by atoms with van der Waals surface area (Å²) in [5.74, 6) is -0.803. The van der Waals surface area contributed by atoms with Crippen molar-refractivity contribution in [3.8, 4) is 11.5 Å². The second-order valence-electron chi connectivity index (χ2n) is 12.7. The number of hydrogen-bond donors (Lipinski definition) is 2. The normalized spacial score (nSPS) is 19.7. The summed E-state index contributed by atoms with van der Waals surface area (Å²) >= 11 is 0. The van der Waals surface area contributed by atoms with Gasteiger partial charge in [-0.25, -0.2) is 4.79 Å². The third kappa shape index (κ3) is 7.75. The van der Waals surface area contributed by atoms with Crippen LogP contribution in [0.25, 0.3) is 0 Å². The van der Waals surface area contributed by atoms with Crippen molar-refractivity contribution in [1.82, 2.24) is 0 Å².